The second-order valence-corrected chi connectivity index (χ2v) is 16.7. The van der Waals surface area contributed by atoms with E-state index in [2.05, 4.69) is 106 Å². The van der Waals surface area contributed by atoms with E-state index < -0.39 is 0 Å². The summed E-state index contributed by atoms with van der Waals surface area (Å²) in [6, 6.07) is 17.1. The highest BCUT2D eigenvalue weighted by Crippen LogP contribution is 2.54. The molecule has 1 N–H and O–H groups in total. The van der Waals surface area contributed by atoms with Crippen molar-refractivity contribution in [2.75, 3.05) is 0 Å². The molecule has 1 aliphatic rings. The first-order valence-corrected chi connectivity index (χ1v) is 17.1. The summed E-state index contributed by atoms with van der Waals surface area (Å²) >= 11 is 0. The molecule has 0 amide bonds. The van der Waals surface area contributed by atoms with Gasteiger partial charge >= 0.3 is 0 Å². The number of phenols is 1. The third-order valence-corrected chi connectivity index (χ3v) is 10.00. The Hall–Kier alpha value is -1.96. The van der Waals surface area contributed by atoms with Gasteiger partial charge in [0.05, 0.1) is 6.10 Å². The van der Waals surface area contributed by atoms with Crippen molar-refractivity contribution in [3.8, 4) is 11.5 Å². The fourth-order valence-corrected chi connectivity index (χ4v) is 8.52. The molecule has 2 nitrogen and oxygen atoms in total. The molecule has 0 radical (unpaired) electrons. The highest BCUT2D eigenvalue weighted by molar-refractivity contribution is 5.32. The average Bonchev–Trinajstić information content (AvgIpc) is 2.88. The summed E-state index contributed by atoms with van der Waals surface area (Å²) in [5, 5.41) is 9.97. The van der Waals surface area contributed by atoms with Crippen molar-refractivity contribution >= 4 is 0 Å². The average molecular weight is 577 g/mol. The van der Waals surface area contributed by atoms with Crippen LogP contribution in [0.4, 0.5) is 0 Å². The summed E-state index contributed by atoms with van der Waals surface area (Å²) in [5.41, 5.74) is 3.14. The van der Waals surface area contributed by atoms with Crippen LogP contribution in [0.2, 0.25) is 0 Å². The molecular weight excluding hydrogens is 512 g/mol. The van der Waals surface area contributed by atoms with Crippen molar-refractivity contribution in [3.63, 3.8) is 0 Å². The minimum absolute atomic E-state index is 0.0804. The van der Waals surface area contributed by atoms with Crippen LogP contribution in [0.25, 0.3) is 0 Å². The Morgan fingerprint density at radius 3 is 1.88 bits per heavy atom. The largest absolute Gasteiger partial charge is 0.508 e. The minimum Gasteiger partial charge on any atom is -0.508 e. The molecule has 236 valence electrons. The number of benzene rings is 2. The lowest BCUT2D eigenvalue weighted by Gasteiger charge is -2.47. The van der Waals surface area contributed by atoms with Gasteiger partial charge in [-0.05, 0) is 108 Å². The number of hydrogen-bond acceptors (Lipinski definition) is 2. The molecule has 1 aliphatic carbocycles. The van der Waals surface area contributed by atoms with Crippen molar-refractivity contribution < 1.29 is 9.84 Å². The smallest absolute Gasteiger partial charge is 0.119 e. The Labute approximate surface area is 260 Å². The monoisotopic (exact) mass is 576 g/mol. The molecule has 0 saturated heterocycles. The summed E-state index contributed by atoms with van der Waals surface area (Å²) in [6.07, 6.45) is 13.5. The lowest BCUT2D eigenvalue weighted by Crippen LogP contribution is -2.36. The van der Waals surface area contributed by atoms with Crippen LogP contribution >= 0.6 is 0 Å². The van der Waals surface area contributed by atoms with Gasteiger partial charge in [-0.3, -0.25) is 0 Å². The maximum Gasteiger partial charge on any atom is 0.119 e. The van der Waals surface area contributed by atoms with Crippen LogP contribution in [-0.4, -0.2) is 11.2 Å². The van der Waals surface area contributed by atoms with Crippen molar-refractivity contribution in [1.29, 1.82) is 0 Å². The lowest BCUT2D eigenvalue weighted by molar-refractivity contribution is 0.0976. The van der Waals surface area contributed by atoms with Gasteiger partial charge in [0.2, 0.25) is 0 Å². The van der Waals surface area contributed by atoms with E-state index in [0.717, 1.165) is 30.9 Å². The van der Waals surface area contributed by atoms with E-state index in [4.69, 9.17) is 4.74 Å². The van der Waals surface area contributed by atoms with Crippen molar-refractivity contribution in [3.05, 3.63) is 59.7 Å². The molecule has 2 aromatic carbocycles. The highest BCUT2D eigenvalue weighted by Gasteiger charge is 2.42. The van der Waals surface area contributed by atoms with Crippen LogP contribution < -0.4 is 4.74 Å². The molecule has 0 heterocycles. The van der Waals surface area contributed by atoms with Gasteiger partial charge in [0.25, 0.3) is 0 Å². The zero-order valence-electron chi connectivity index (χ0n) is 28.9. The molecule has 3 atom stereocenters. The normalized spacial score (nSPS) is 17.7. The van der Waals surface area contributed by atoms with Crippen LogP contribution in [-0.2, 0) is 0 Å². The quantitative estimate of drug-likeness (QED) is 0.242. The van der Waals surface area contributed by atoms with Gasteiger partial charge in [0.1, 0.15) is 11.5 Å². The Morgan fingerprint density at radius 1 is 0.762 bits per heavy atom. The van der Waals surface area contributed by atoms with Gasteiger partial charge in [-0.15, -0.1) is 0 Å². The summed E-state index contributed by atoms with van der Waals surface area (Å²) in [4.78, 5) is 0. The summed E-state index contributed by atoms with van der Waals surface area (Å²) in [5.74, 6) is 3.66. The maximum absolute atomic E-state index is 9.97. The zero-order valence-corrected chi connectivity index (χ0v) is 28.9. The molecule has 42 heavy (non-hydrogen) atoms. The van der Waals surface area contributed by atoms with Gasteiger partial charge in [-0.1, -0.05) is 125 Å². The number of phenolic OH excluding ortho intramolecular Hbond substituents is 1. The van der Waals surface area contributed by atoms with Gasteiger partial charge in [-0.2, -0.15) is 0 Å². The van der Waals surface area contributed by atoms with Gasteiger partial charge < -0.3 is 9.84 Å². The SMILES string of the molecule is CC(CCCC1CCCCC1)Oc1ccc(C(C(C)C)C(C)(C)CC(C)(C)C(CC(C)(C)C)c2ccc(O)cc2)cc1. The molecule has 3 rings (SSSR count). The molecular formula is C40H64O2. The Bertz CT molecular complexity index is 1050. The predicted molar refractivity (Wildman–Crippen MR) is 182 cm³/mol. The number of hydrogen-bond donors (Lipinski definition) is 1. The van der Waals surface area contributed by atoms with Gasteiger partial charge in [-0.25, -0.2) is 0 Å². The maximum atomic E-state index is 9.97. The van der Waals surface area contributed by atoms with Crippen molar-refractivity contribution in [1.82, 2.24) is 0 Å². The topological polar surface area (TPSA) is 29.5 Å². The first-order chi connectivity index (χ1) is 19.6. The van der Waals surface area contributed by atoms with E-state index in [9.17, 15) is 5.11 Å². The highest BCUT2D eigenvalue weighted by atomic mass is 16.5. The molecule has 1 fully saturated rings. The molecule has 2 heteroatoms. The summed E-state index contributed by atoms with van der Waals surface area (Å²) in [6.45, 7) is 23.9. The van der Waals surface area contributed by atoms with Crippen LogP contribution in [0.5, 0.6) is 11.5 Å². The predicted octanol–water partition coefficient (Wildman–Crippen LogP) is 12.3. The third kappa shape index (κ3) is 10.3. The van der Waals surface area contributed by atoms with E-state index in [1.165, 1.54) is 56.1 Å². The van der Waals surface area contributed by atoms with Gasteiger partial charge in [0, 0.05) is 0 Å². The zero-order chi connectivity index (χ0) is 31.1. The molecule has 0 aromatic heterocycles. The third-order valence-electron chi connectivity index (χ3n) is 10.00. The fourth-order valence-electron chi connectivity index (χ4n) is 8.52. The van der Waals surface area contributed by atoms with Crippen LogP contribution in [0.15, 0.2) is 48.5 Å². The lowest BCUT2D eigenvalue weighted by atomic mass is 9.58. The van der Waals surface area contributed by atoms with E-state index >= 15 is 0 Å². The van der Waals surface area contributed by atoms with Crippen LogP contribution in [0.1, 0.15) is 156 Å². The van der Waals surface area contributed by atoms with Gasteiger partial charge in [0.15, 0.2) is 0 Å². The van der Waals surface area contributed by atoms with E-state index in [-0.39, 0.29) is 22.3 Å². The molecule has 2 aromatic rings. The molecule has 0 aliphatic heterocycles. The van der Waals surface area contributed by atoms with Crippen molar-refractivity contribution in [2.45, 2.75) is 151 Å². The Kier molecular flexibility index (Phi) is 12.1. The Balaban J connectivity index is 1.70. The van der Waals surface area contributed by atoms with Crippen LogP contribution in [0, 0.1) is 28.1 Å². The number of ether oxygens (including phenoxy) is 1. The molecule has 1 saturated carbocycles. The first-order valence-electron chi connectivity index (χ1n) is 17.1. The fraction of sp³-hybridized carbons (Fsp3) is 0.700. The summed E-state index contributed by atoms with van der Waals surface area (Å²) in [7, 11) is 0. The molecule has 0 spiro atoms. The molecule has 0 bridgehead atoms. The second kappa shape index (κ2) is 14.7. The van der Waals surface area contributed by atoms with E-state index in [1.54, 1.807) is 0 Å². The van der Waals surface area contributed by atoms with E-state index in [0.29, 0.717) is 23.5 Å². The Morgan fingerprint density at radius 2 is 1.33 bits per heavy atom. The number of aromatic hydroxyl groups is 1. The second-order valence-electron chi connectivity index (χ2n) is 16.7. The van der Waals surface area contributed by atoms with Crippen molar-refractivity contribution in [2.24, 2.45) is 28.1 Å². The molecule has 3 unspecified atom stereocenters. The number of rotatable bonds is 14. The van der Waals surface area contributed by atoms with E-state index in [1.807, 2.05) is 12.1 Å². The summed E-state index contributed by atoms with van der Waals surface area (Å²) < 4.78 is 6.38. The minimum atomic E-state index is 0.0804. The first kappa shape index (κ1) is 34.5. The standard InChI is InChI=1S/C40H64O2/c1-29(2)37(33-21-25-35(26-22-33)42-30(3)15-14-18-31-16-12-11-13-17-31)40(9,10)28-39(7,8)36(27-38(4,5)6)32-19-23-34(41)24-20-32/h19-26,29-31,36-37,41H,11-18,27-28H2,1-10H3. The van der Waals surface area contributed by atoms with Crippen LogP contribution in [0.3, 0.4) is 0 Å².